The van der Waals surface area contributed by atoms with Crippen molar-refractivity contribution in [3.8, 4) is 0 Å². The van der Waals surface area contributed by atoms with Crippen molar-refractivity contribution in [2.45, 2.75) is 19.4 Å². The van der Waals surface area contributed by atoms with Crippen molar-refractivity contribution in [2.75, 3.05) is 31.6 Å². The molecule has 0 bridgehead atoms. The molecule has 1 aliphatic heterocycles. The molecule has 1 heterocycles. The third-order valence-electron chi connectivity index (χ3n) is 3.51. The molecule has 0 radical (unpaired) electrons. The zero-order valence-electron chi connectivity index (χ0n) is 11.4. The number of halogens is 1. The van der Waals surface area contributed by atoms with Crippen LogP contribution in [0.4, 0.5) is 5.69 Å². The highest BCUT2D eigenvalue weighted by atomic mass is 79.9. The maximum atomic E-state index is 11.9. The molecule has 1 saturated heterocycles. The van der Waals surface area contributed by atoms with E-state index in [2.05, 4.69) is 20.8 Å². The van der Waals surface area contributed by atoms with Crippen LogP contribution in [0.3, 0.4) is 0 Å². The number of carbonyl (C=O) groups is 1. The second-order valence-corrected chi connectivity index (χ2v) is 5.94. The average Bonchev–Trinajstić information content (AvgIpc) is 2.52. The number of anilines is 1. The van der Waals surface area contributed by atoms with Crippen molar-refractivity contribution >= 4 is 27.5 Å². The van der Waals surface area contributed by atoms with Gasteiger partial charge in [0.2, 0.25) is 5.91 Å². The van der Waals surface area contributed by atoms with Crippen LogP contribution >= 0.6 is 15.9 Å². The molecule has 0 saturated carbocycles. The highest BCUT2D eigenvalue weighted by molar-refractivity contribution is 9.10. The quantitative estimate of drug-likeness (QED) is 0.906. The number of hydrogen-bond donors (Lipinski definition) is 1. The average molecular weight is 326 g/mol. The van der Waals surface area contributed by atoms with Crippen LogP contribution in [0.5, 0.6) is 0 Å². The Labute approximate surface area is 122 Å². The number of rotatable bonds is 2. The van der Waals surface area contributed by atoms with Crippen LogP contribution in [-0.2, 0) is 4.79 Å². The van der Waals surface area contributed by atoms with Gasteiger partial charge >= 0.3 is 0 Å². The first-order chi connectivity index (χ1) is 8.99. The standard InChI is InChI=1S/C14H20BrN3O/c1-10(16)11-4-5-13(12(15)8-11)18-7-3-6-17(2)14(19)9-18/h4-5,8,10H,3,6-7,9,16H2,1-2H3. The molecule has 1 aromatic carbocycles. The van der Waals surface area contributed by atoms with E-state index in [0.29, 0.717) is 6.54 Å². The van der Waals surface area contributed by atoms with E-state index in [1.807, 2.05) is 32.2 Å². The third kappa shape index (κ3) is 3.28. The van der Waals surface area contributed by atoms with Gasteiger partial charge in [-0.3, -0.25) is 4.79 Å². The SMILES string of the molecule is CC(N)c1ccc(N2CCCN(C)C(=O)C2)c(Br)c1. The van der Waals surface area contributed by atoms with Crippen LogP contribution in [0.2, 0.25) is 0 Å². The summed E-state index contributed by atoms with van der Waals surface area (Å²) in [6, 6.07) is 6.13. The Kier molecular flexibility index (Phi) is 4.47. The van der Waals surface area contributed by atoms with Crippen molar-refractivity contribution in [2.24, 2.45) is 5.73 Å². The molecule has 1 atom stereocenters. The highest BCUT2D eigenvalue weighted by Crippen LogP contribution is 2.29. The first kappa shape index (κ1) is 14.3. The van der Waals surface area contributed by atoms with E-state index in [-0.39, 0.29) is 11.9 Å². The van der Waals surface area contributed by atoms with Gasteiger partial charge in [-0.05, 0) is 47.0 Å². The molecule has 4 nitrogen and oxygen atoms in total. The van der Waals surface area contributed by atoms with E-state index in [4.69, 9.17) is 5.73 Å². The summed E-state index contributed by atoms with van der Waals surface area (Å²) in [6.45, 7) is 4.12. The molecule has 0 aliphatic carbocycles. The fraction of sp³-hybridized carbons (Fsp3) is 0.500. The van der Waals surface area contributed by atoms with Gasteiger partial charge in [0.1, 0.15) is 0 Å². The largest absolute Gasteiger partial charge is 0.361 e. The van der Waals surface area contributed by atoms with Crippen molar-refractivity contribution < 1.29 is 4.79 Å². The van der Waals surface area contributed by atoms with Gasteiger partial charge in [0.15, 0.2) is 0 Å². The summed E-state index contributed by atoms with van der Waals surface area (Å²) < 4.78 is 1.000. The summed E-state index contributed by atoms with van der Waals surface area (Å²) >= 11 is 3.59. The summed E-state index contributed by atoms with van der Waals surface area (Å²) in [5.41, 5.74) is 8.04. The number of benzene rings is 1. The zero-order chi connectivity index (χ0) is 14.0. The van der Waals surface area contributed by atoms with Gasteiger partial charge in [-0.15, -0.1) is 0 Å². The van der Waals surface area contributed by atoms with Gasteiger partial charge in [0, 0.05) is 30.7 Å². The molecule has 1 unspecified atom stereocenters. The Balaban J connectivity index is 2.24. The molecule has 2 N–H and O–H groups in total. The fourth-order valence-corrected chi connectivity index (χ4v) is 2.90. The summed E-state index contributed by atoms with van der Waals surface area (Å²) in [6.07, 6.45) is 0.990. The van der Waals surface area contributed by atoms with Crippen molar-refractivity contribution in [3.05, 3.63) is 28.2 Å². The lowest BCUT2D eigenvalue weighted by atomic mass is 10.1. The maximum Gasteiger partial charge on any atom is 0.241 e. The smallest absolute Gasteiger partial charge is 0.241 e. The number of amides is 1. The number of nitrogens with two attached hydrogens (primary N) is 1. The molecule has 0 aromatic heterocycles. The summed E-state index contributed by atoms with van der Waals surface area (Å²) in [7, 11) is 1.86. The van der Waals surface area contributed by atoms with E-state index in [1.165, 1.54) is 0 Å². The lowest BCUT2D eigenvalue weighted by molar-refractivity contribution is -0.127. The van der Waals surface area contributed by atoms with Crippen molar-refractivity contribution in [1.82, 2.24) is 4.90 Å². The lowest BCUT2D eigenvalue weighted by Crippen LogP contribution is -2.34. The van der Waals surface area contributed by atoms with E-state index < -0.39 is 0 Å². The van der Waals surface area contributed by atoms with Crippen LogP contribution in [0.1, 0.15) is 24.9 Å². The van der Waals surface area contributed by atoms with Crippen LogP contribution < -0.4 is 10.6 Å². The third-order valence-corrected chi connectivity index (χ3v) is 4.15. The van der Waals surface area contributed by atoms with Gasteiger partial charge in [-0.25, -0.2) is 0 Å². The lowest BCUT2D eigenvalue weighted by Gasteiger charge is -2.24. The minimum absolute atomic E-state index is 0.0160. The summed E-state index contributed by atoms with van der Waals surface area (Å²) in [4.78, 5) is 15.9. The van der Waals surface area contributed by atoms with Gasteiger partial charge < -0.3 is 15.5 Å². The van der Waals surface area contributed by atoms with Crippen LogP contribution in [0, 0.1) is 0 Å². The van der Waals surface area contributed by atoms with E-state index in [0.717, 1.165) is 35.2 Å². The minimum Gasteiger partial charge on any atom is -0.361 e. The molecule has 1 aromatic rings. The fourth-order valence-electron chi connectivity index (χ4n) is 2.25. The van der Waals surface area contributed by atoms with Gasteiger partial charge in [0.05, 0.1) is 12.2 Å². The molecular formula is C14H20BrN3O. The molecular weight excluding hydrogens is 306 g/mol. The molecule has 1 aliphatic rings. The number of nitrogens with zero attached hydrogens (tertiary/aromatic N) is 2. The normalized spacial score (nSPS) is 18.4. The Morgan fingerprint density at radius 2 is 2.11 bits per heavy atom. The van der Waals surface area contributed by atoms with Crippen molar-refractivity contribution in [3.63, 3.8) is 0 Å². The second kappa shape index (κ2) is 5.92. The number of carbonyl (C=O) groups excluding carboxylic acids is 1. The number of likely N-dealkylation sites (N-methyl/N-ethyl adjacent to an activating group) is 1. The first-order valence-electron chi connectivity index (χ1n) is 6.53. The Morgan fingerprint density at radius 3 is 2.74 bits per heavy atom. The van der Waals surface area contributed by atoms with E-state index in [1.54, 1.807) is 4.90 Å². The summed E-state index contributed by atoms with van der Waals surface area (Å²) in [5.74, 6) is 0.167. The van der Waals surface area contributed by atoms with E-state index >= 15 is 0 Å². The van der Waals surface area contributed by atoms with Gasteiger partial charge in [-0.1, -0.05) is 6.07 Å². The van der Waals surface area contributed by atoms with Crippen molar-refractivity contribution in [1.29, 1.82) is 0 Å². The Morgan fingerprint density at radius 1 is 1.37 bits per heavy atom. The van der Waals surface area contributed by atoms with Crippen LogP contribution in [0.15, 0.2) is 22.7 Å². The molecule has 104 valence electrons. The predicted molar refractivity (Wildman–Crippen MR) is 81.2 cm³/mol. The molecule has 1 amide bonds. The van der Waals surface area contributed by atoms with E-state index in [9.17, 15) is 4.79 Å². The molecule has 2 rings (SSSR count). The van der Waals surface area contributed by atoms with Gasteiger partial charge in [-0.2, -0.15) is 0 Å². The summed E-state index contributed by atoms with van der Waals surface area (Å²) in [5, 5.41) is 0. The Bertz CT molecular complexity index is 476. The molecule has 0 spiro atoms. The molecule has 1 fully saturated rings. The van der Waals surface area contributed by atoms with Crippen LogP contribution in [-0.4, -0.2) is 37.5 Å². The first-order valence-corrected chi connectivity index (χ1v) is 7.32. The monoisotopic (exact) mass is 325 g/mol. The topological polar surface area (TPSA) is 49.6 Å². The predicted octanol–water partition coefficient (Wildman–Crippen LogP) is 2.14. The Hall–Kier alpha value is -1.07. The highest BCUT2D eigenvalue weighted by Gasteiger charge is 2.20. The molecule has 19 heavy (non-hydrogen) atoms. The van der Waals surface area contributed by atoms with Crippen LogP contribution in [0.25, 0.3) is 0 Å². The second-order valence-electron chi connectivity index (χ2n) is 5.09. The van der Waals surface area contributed by atoms with Gasteiger partial charge in [0.25, 0.3) is 0 Å². The number of hydrogen-bond acceptors (Lipinski definition) is 3. The molecule has 5 heteroatoms. The minimum atomic E-state index is 0.0160. The maximum absolute atomic E-state index is 11.9. The zero-order valence-corrected chi connectivity index (χ0v) is 13.0.